The average molecular weight is 337 g/mol. The summed E-state index contributed by atoms with van der Waals surface area (Å²) in [7, 11) is 0. The molecule has 6 N–H and O–H groups in total. The SMILES string of the molecule is C=C1C(N)CC2[C@H](CN)C([C@@]3(C)CC[C@H](O)C[C@@H]3CO)CC[C@]12C. The van der Waals surface area contributed by atoms with Crippen molar-refractivity contribution in [1.82, 2.24) is 0 Å². The number of aliphatic hydroxyl groups excluding tert-OH is 2. The van der Waals surface area contributed by atoms with Crippen molar-refractivity contribution in [1.29, 1.82) is 0 Å². The fraction of sp³-hybridized carbons (Fsp3) is 0.900. The van der Waals surface area contributed by atoms with E-state index in [-0.39, 0.29) is 35.5 Å². The Kier molecular flexibility index (Phi) is 4.89. The van der Waals surface area contributed by atoms with Crippen molar-refractivity contribution in [3.8, 4) is 0 Å². The molecule has 0 aromatic rings. The lowest BCUT2D eigenvalue weighted by atomic mass is 9.49. The van der Waals surface area contributed by atoms with Crippen LogP contribution in [0.25, 0.3) is 0 Å². The minimum atomic E-state index is -0.264. The van der Waals surface area contributed by atoms with Gasteiger partial charge in [-0.05, 0) is 79.6 Å². The molecule has 0 aromatic heterocycles. The molecule has 0 bridgehead atoms. The van der Waals surface area contributed by atoms with Gasteiger partial charge in [0.15, 0.2) is 0 Å². The molecule has 3 saturated carbocycles. The third-order valence-electron chi connectivity index (χ3n) is 8.36. The van der Waals surface area contributed by atoms with Gasteiger partial charge in [0, 0.05) is 12.6 Å². The Hall–Kier alpha value is -0.420. The number of aliphatic hydroxyl groups is 2. The first-order chi connectivity index (χ1) is 11.3. The van der Waals surface area contributed by atoms with E-state index in [0.717, 1.165) is 38.5 Å². The molecular formula is C20H36N2O2. The summed E-state index contributed by atoms with van der Waals surface area (Å²) in [5.74, 6) is 1.61. The van der Waals surface area contributed by atoms with Crippen LogP contribution in [0.4, 0.5) is 0 Å². The van der Waals surface area contributed by atoms with Crippen molar-refractivity contribution in [3.63, 3.8) is 0 Å². The van der Waals surface area contributed by atoms with Crippen LogP contribution in [0.15, 0.2) is 12.2 Å². The van der Waals surface area contributed by atoms with E-state index in [1.807, 2.05) is 0 Å². The second-order valence-corrected chi connectivity index (χ2v) is 9.25. The molecule has 0 aromatic carbocycles. The first-order valence-electron chi connectivity index (χ1n) is 9.71. The van der Waals surface area contributed by atoms with E-state index in [0.29, 0.717) is 24.3 Å². The third kappa shape index (κ3) is 2.57. The minimum Gasteiger partial charge on any atom is -0.396 e. The Morgan fingerprint density at radius 2 is 1.88 bits per heavy atom. The molecule has 3 aliphatic rings. The van der Waals surface area contributed by atoms with Crippen molar-refractivity contribution >= 4 is 0 Å². The smallest absolute Gasteiger partial charge is 0.0544 e. The van der Waals surface area contributed by atoms with Gasteiger partial charge in [0.25, 0.3) is 0 Å². The Morgan fingerprint density at radius 1 is 1.17 bits per heavy atom. The van der Waals surface area contributed by atoms with Crippen molar-refractivity contribution in [2.45, 2.75) is 64.5 Å². The molecule has 0 spiro atoms. The van der Waals surface area contributed by atoms with Gasteiger partial charge < -0.3 is 21.7 Å². The molecular weight excluding hydrogens is 300 g/mol. The average Bonchev–Trinajstić information content (AvgIpc) is 2.79. The molecule has 3 rings (SSSR count). The molecule has 4 nitrogen and oxygen atoms in total. The Bertz CT molecular complexity index is 496. The number of rotatable bonds is 3. The molecule has 3 unspecified atom stereocenters. The lowest BCUT2D eigenvalue weighted by Gasteiger charge is -2.56. The fourth-order valence-electron chi connectivity index (χ4n) is 6.60. The van der Waals surface area contributed by atoms with Gasteiger partial charge >= 0.3 is 0 Å². The molecule has 0 heterocycles. The maximum atomic E-state index is 10.1. The first-order valence-corrected chi connectivity index (χ1v) is 9.71. The second kappa shape index (κ2) is 6.39. The van der Waals surface area contributed by atoms with Crippen molar-refractivity contribution < 1.29 is 10.2 Å². The molecule has 8 atom stereocenters. The molecule has 3 fully saturated rings. The van der Waals surface area contributed by atoms with E-state index in [9.17, 15) is 10.2 Å². The molecule has 0 saturated heterocycles. The van der Waals surface area contributed by atoms with Gasteiger partial charge in [0.1, 0.15) is 0 Å². The highest BCUT2D eigenvalue weighted by atomic mass is 16.3. The van der Waals surface area contributed by atoms with Crippen LogP contribution in [0.5, 0.6) is 0 Å². The number of nitrogens with two attached hydrogens (primary N) is 2. The minimum absolute atomic E-state index is 0.0629. The highest BCUT2D eigenvalue weighted by Crippen LogP contribution is 2.62. The standard InChI is InChI=1S/C20H36N2O2/c1-12-18(22)9-17-15(10-21)16(5-7-19(12,17)2)20(3)6-4-14(24)8-13(20)11-23/h13-18,23-24H,1,4-11,21-22H2,2-3H3/t13-,14+,15-,16?,17?,18?,19-,20+/m1/s1. The summed E-state index contributed by atoms with van der Waals surface area (Å²) in [4.78, 5) is 0. The Labute approximate surface area is 146 Å². The second-order valence-electron chi connectivity index (χ2n) is 9.25. The molecule has 24 heavy (non-hydrogen) atoms. The first kappa shape index (κ1) is 18.4. The fourth-order valence-corrected chi connectivity index (χ4v) is 6.60. The molecule has 0 aliphatic heterocycles. The van der Waals surface area contributed by atoms with E-state index < -0.39 is 0 Å². The zero-order valence-electron chi connectivity index (χ0n) is 15.4. The summed E-state index contributed by atoms with van der Waals surface area (Å²) in [5, 5.41) is 20.0. The van der Waals surface area contributed by atoms with E-state index in [1.165, 1.54) is 5.57 Å². The maximum absolute atomic E-state index is 10.1. The molecule has 3 aliphatic carbocycles. The maximum Gasteiger partial charge on any atom is 0.0544 e. The van der Waals surface area contributed by atoms with E-state index in [4.69, 9.17) is 11.5 Å². The van der Waals surface area contributed by atoms with Gasteiger partial charge in [-0.1, -0.05) is 26.0 Å². The Morgan fingerprint density at radius 3 is 2.50 bits per heavy atom. The zero-order chi connectivity index (χ0) is 17.7. The topological polar surface area (TPSA) is 92.5 Å². The van der Waals surface area contributed by atoms with E-state index >= 15 is 0 Å². The summed E-state index contributed by atoms with van der Waals surface area (Å²) in [6.07, 6.45) is 5.53. The van der Waals surface area contributed by atoms with Crippen LogP contribution in [0.3, 0.4) is 0 Å². The Balaban J connectivity index is 1.90. The lowest BCUT2D eigenvalue weighted by molar-refractivity contribution is -0.0917. The van der Waals surface area contributed by atoms with Gasteiger partial charge in [-0.15, -0.1) is 0 Å². The molecule has 138 valence electrons. The summed E-state index contributed by atoms with van der Waals surface area (Å²) in [6.45, 7) is 9.83. The van der Waals surface area contributed by atoms with Gasteiger partial charge in [-0.3, -0.25) is 0 Å². The van der Waals surface area contributed by atoms with Crippen LogP contribution in [0.1, 0.15) is 52.4 Å². The van der Waals surface area contributed by atoms with Crippen LogP contribution in [0, 0.1) is 34.5 Å². The quantitative estimate of drug-likeness (QED) is 0.594. The van der Waals surface area contributed by atoms with Crippen molar-refractivity contribution in [2.24, 2.45) is 46.0 Å². The molecule has 0 amide bonds. The summed E-state index contributed by atoms with van der Waals surface area (Å²) >= 11 is 0. The normalized spacial score (nSPS) is 52.3. The number of hydrogen-bond donors (Lipinski definition) is 4. The van der Waals surface area contributed by atoms with Gasteiger partial charge in [-0.25, -0.2) is 0 Å². The molecule has 0 radical (unpaired) electrons. The largest absolute Gasteiger partial charge is 0.396 e. The van der Waals surface area contributed by atoms with Crippen LogP contribution in [-0.4, -0.2) is 35.5 Å². The van der Waals surface area contributed by atoms with Crippen LogP contribution in [0.2, 0.25) is 0 Å². The zero-order valence-corrected chi connectivity index (χ0v) is 15.4. The van der Waals surface area contributed by atoms with Gasteiger partial charge in [-0.2, -0.15) is 0 Å². The lowest BCUT2D eigenvalue weighted by Crippen LogP contribution is -2.52. The number of fused-ring (bicyclic) bond motifs is 1. The van der Waals surface area contributed by atoms with Gasteiger partial charge in [0.05, 0.1) is 6.10 Å². The van der Waals surface area contributed by atoms with Crippen LogP contribution >= 0.6 is 0 Å². The monoisotopic (exact) mass is 336 g/mol. The third-order valence-corrected chi connectivity index (χ3v) is 8.36. The van der Waals surface area contributed by atoms with Crippen LogP contribution < -0.4 is 11.5 Å². The van der Waals surface area contributed by atoms with Crippen molar-refractivity contribution in [3.05, 3.63) is 12.2 Å². The predicted molar refractivity (Wildman–Crippen MR) is 97.1 cm³/mol. The van der Waals surface area contributed by atoms with E-state index in [2.05, 4.69) is 20.4 Å². The highest BCUT2D eigenvalue weighted by Gasteiger charge is 2.57. The van der Waals surface area contributed by atoms with E-state index in [1.54, 1.807) is 0 Å². The van der Waals surface area contributed by atoms with Crippen molar-refractivity contribution in [2.75, 3.05) is 13.2 Å². The van der Waals surface area contributed by atoms with Gasteiger partial charge in [0.2, 0.25) is 0 Å². The predicted octanol–water partition coefficient (Wildman–Crippen LogP) is 2.04. The number of hydrogen-bond acceptors (Lipinski definition) is 4. The summed E-state index contributed by atoms with van der Waals surface area (Å²) in [6, 6.07) is 0.0995. The highest BCUT2D eigenvalue weighted by molar-refractivity contribution is 5.26. The summed E-state index contributed by atoms with van der Waals surface area (Å²) in [5.41, 5.74) is 14.1. The van der Waals surface area contributed by atoms with Crippen LogP contribution in [-0.2, 0) is 0 Å². The summed E-state index contributed by atoms with van der Waals surface area (Å²) < 4.78 is 0. The molecule has 4 heteroatoms.